The van der Waals surface area contributed by atoms with Crippen molar-refractivity contribution >= 4 is 5.91 Å². The molecule has 0 aromatic carbocycles. The van der Waals surface area contributed by atoms with Gasteiger partial charge in [0.1, 0.15) is 0 Å². The number of carbonyl (C=O) groups excluding carboxylic acids is 1. The molecule has 0 rings (SSSR count). The van der Waals surface area contributed by atoms with Crippen LogP contribution in [0.4, 0.5) is 0 Å². The second kappa shape index (κ2) is 4.73. The number of hydrogen-bond donors (Lipinski definition) is 0. The Hall–Kier alpha value is -1.04. The predicted octanol–water partition coefficient (Wildman–Crippen LogP) is 1.16. The molecule has 1 amide bonds. The summed E-state index contributed by atoms with van der Waals surface area (Å²) in [7, 11) is 0. The highest BCUT2D eigenvalue weighted by Gasteiger charge is 2.16. The molecular weight excluding hydrogens is 140 g/mol. The van der Waals surface area contributed by atoms with Crippen molar-refractivity contribution in [1.29, 1.82) is 0 Å². The van der Waals surface area contributed by atoms with Crippen LogP contribution in [0.5, 0.6) is 0 Å². The number of carbonyl (C=O) groups is 1. The molecule has 3 nitrogen and oxygen atoms in total. The van der Waals surface area contributed by atoms with E-state index in [-0.39, 0.29) is 18.5 Å². The molecule has 0 unspecified atom stereocenters. The van der Waals surface area contributed by atoms with E-state index in [1.165, 1.54) is 0 Å². The number of hydrogen-bond acceptors (Lipinski definition) is 1. The van der Waals surface area contributed by atoms with Crippen LogP contribution in [-0.4, -0.2) is 29.9 Å². The van der Waals surface area contributed by atoms with E-state index in [9.17, 15) is 4.79 Å². The Labute approximate surface area is 67.8 Å². The van der Waals surface area contributed by atoms with E-state index in [1.54, 1.807) is 4.90 Å². The molecule has 0 N–H and O–H groups in total. The van der Waals surface area contributed by atoms with Crippen molar-refractivity contribution in [1.82, 2.24) is 4.90 Å². The van der Waals surface area contributed by atoms with Crippen molar-refractivity contribution in [2.75, 3.05) is 13.1 Å². The quantitative estimate of drug-likeness (QED) is 0.560. The Morgan fingerprint density at radius 1 is 1.64 bits per heavy atom. The number of rotatable bonds is 3. The van der Waals surface area contributed by atoms with Crippen molar-refractivity contribution in [3.05, 3.63) is 11.4 Å². The summed E-state index contributed by atoms with van der Waals surface area (Å²) < 4.78 is 0. The minimum Gasteiger partial charge on any atom is -0.334 e. The average Bonchev–Trinajstić information content (AvgIpc) is 1.88. The van der Waals surface area contributed by atoms with Gasteiger partial charge < -0.3 is 9.74 Å². The van der Waals surface area contributed by atoms with Gasteiger partial charge in [0.15, 0.2) is 0 Å². The number of nitrogens with zero attached hydrogens (tertiary/aromatic N) is 2. The smallest absolute Gasteiger partial charge is 0.302 e. The molecule has 0 aliphatic rings. The first-order valence-electron chi connectivity index (χ1n) is 3.76. The van der Waals surface area contributed by atoms with E-state index in [0.29, 0.717) is 6.54 Å². The molecule has 0 radical (unpaired) electrons. The van der Waals surface area contributed by atoms with Crippen molar-refractivity contribution in [3.8, 4) is 0 Å². The summed E-state index contributed by atoms with van der Waals surface area (Å²) in [5.74, 6) is -0.0718. The third-order valence-electron chi connectivity index (χ3n) is 1.50. The molecule has 0 aromatic rings. The van der Waals surface area contributed by atoms with Crippen molar-refractivity contribution in [2.45, 2.75) is 26.8 Å². The van der Waals surface area contributed by atoms with Crippen LogP contribution in [0.3, 0.4) is 0 Å². The third kappa shape index (κ3) is 3.03. The highest BCUT2D eigenvalue weighted by Crippen LogP contribution is 1.97. The van der Waals surface area contributed by atoms with E-state index in [2.05, 4.69) is 4.85 Å². The molecule has 0 aromatic heterocycles. The summed E-state index contributed by atoms with van der Waals surface area (Å²) in [6, 6.07) is 0.203. The van der Waals surface area contributed by atoms with Gasteiger partial charge in [0.2, 0.25) is 0 Å². The maximum atomic E-state index is 11.1. The Bertz CT molecular complexity index is 169. The summed E-state index contributed by atoms with van der Waals surface area (Å²) in [4.78, 5) is 15.9. The van der Waals surface area contributed by atoms with Crippen molar-refractivity contribution in [3.63, 3.8) is 0 Å². The van der Waals surface area contributed by atoms with Gasteiger partial charge >= 0.3 is 5.91 Å². The lowest BCUT2D eigenvalue weighted by atomic mass is 10.3. The zero-order valence-electron chi connectivity index (χ0n) is 7.29. The Morgan fingerprint density at radius 2 is 2.18 bits per heavy atom. The fourth-order valence-corrected chi connectivity index (χ4v) is 0.988. The predicted molar refractivity (Wildman–Crippen MR) is 44.0 cm³/mol. The maximum absolute atomic E-state index is 11.1. The molecule has 0 saturated heterocycles. The summed E-state index contributed by atoms with van der Waals surface area (Å²) in [6.07, 6.45) is 0. The standard InChI is InChI=1S/C8H14N2O/c1-5-10(7(2)3)8(11)6-9-4/h7H,5-6H2,1-3H3. The molecular formula is C8H14N2O. The molecule has 0 atom stereocenters. The molecule has 0 fully saturated rings. The minimum atomic E-state index is -0.0718. The van der Waals surface area contributed by atoms with Crippen molar-refractivity contribution < 1.29 is 4.79 Å². The van der Waals surface area contributed by atoms with Gasteiger partial charge in [-0.1, -0.05) is 0 Å². The van der Waals surface area contributed by atoms with E-state index >= 15 is 0 Å². The zero-order valence-corrected chi connectivity index (χ0v) is 7.29. The molecule has 3 heteroatoms. The summed E-state index contributed by atoms with van der Waals surface area (Å²) in [6.45, 7) is 13.0. The first-order chi connectivity index (χ1) is 5.13. The number of amides is 1. The van der Waals surface area contributed by atoms with Gasteiger partial charge in [0.25, 0.3) is 6.54 Å². The van der Waals surface area contributed by atoms with Gasteiger partial charge in [-0.2, -0.15) is 0 Å². The minimum absolute atomic E-state index is 0.0218. The SMILES string of the molecule is [C-]#[N+]CC(=O)N(CC)C(C)C. The fourth-order valence-electron chi connectivity index (χ4n) is 0.988. The van der Waals surface area contributed by atoms with Crippen LogP contribution in [0, 0.1) is 6.57 Å². The monoisotopic (exact) mass is 154 g/mol. The van der Waals surface area contributed by atoms with Gasteiger partial charge in [-0.25, -0.2) is 6.57 Å². The first-order valence-corrected chi connectivity index (χ1v) is 3.76. The lowest BCUT2D eigenvalue weighted by molar-refractivity contribution is -0.130. The molecule has 0 saturated carbocycles. The lowest BCUT2D eigenvalue weighted by Crippen LogP contribution is -2.37. The van der Waals surface area contributed by atoms with Crippen LogP contribution in [0.1, 0.15) is 20.8 Å². The average molecular weight is 154 g/mol. The first kappa shape index (κ1) is 9.96. The van der Waals surface area contributed by atoms with Crippen LogP contribution >= 0.6 is 0 Å². The Morgan fingerprint density at radius 3 is 2.45 bits per heavy atom. The third-order valence-corrected chi connectivity index (χ3v) is 1.50. The highest BCUT2D eigenvalue weighted by atomic mass is 16.2. The van der Waals surface area contributed by atoms with Crippen LogP contribution in [0.2, 0.25) is 0 Å². The normalized spacial score (nSPS) is 9.36. The Kier molecular flexibility index (Phi) is 4.28. The molecule has 0 spiro atoms. The van der Waals surface area contributed by atoms with Crippen molar-refractivity contribution in [2.24, 2.45) is 0 Å². The van der Waals surface area contributed by atoms with Crippen LogP contribution in [0.15, 0.2) is 0 Å². The fraction of sp³-hybridized carbons (Fsp3) is 0.750. The van der Waals surface area contributed by atoms with E-state index in [0.717, 1.165) is 0 Å². The second-order valence-corrected chi connectivity index (χ2v) is 2.59. The van der Waals surface area contributed by atoms with Crippen LogP contribution in [-0.2, 0) is 4.79 Å². The zero-order chi connectivity index (χ0) is 8.85. The second-order valence-electron chi connectivity index (χ2n) is 2.59. The van der Waals surface area contributed by atoms with Gasteiger partial charge in [-0.15, -0.1) is 0 Å². The van der Waals surface area contributed by atoms with Gasteiger partial charge in [-0.05, 0) is 20.8 Å². The summed E-state index contributed by atoms with van der Waals surface area (Å²) >= 11 is 0. The molecule has 0 aliphatic heterocycles. The molecule has 11 heavy (non-hydrogen) atoms. The van der Waals surface area contributed by atoms with Gasteiger partial charge in [0.05, 0.1) is 0 Å². The van der Waals surface area contributed by atoms with Crippen LogP contribution in [0.25, 0.3) is 4.85 Å². The van der Waals surface area contributed by atoms with Crippen LogP contribution < -0.4 is 0 Å². The van der Waals surface area contributed by atoms with E-state index < -0.39 is 0 Å². The molecule has 0 heterocycles. The van der Waals surface area contributed by atoms with E-state index in [4.69, 9.17) is 6.57 Å². The topological polar surface area (TPSA) is 24.7 Å². The largest absolute Gasteiger partial charge is 0.334 e. The highest BCUT2D eigenvalue weighted by molar-refractivity contribution is 5.79. The lowest BCUT2D eigenvalue weighted by Gasteiger charge is -2.22. The van der Waals surface area contributed by atoms with Gasteiger partial charge in [0, 0.05) is 12.6 Å². The van der Waals surface area contributed by atoms with Gasteiger partial charge in [-0.3, -0.25) is 4.79 Å². The molecule has 0 bridgehead atoms. The summed E-state index contributed by atoms with van der Waals surface area (Å²) in [5, 5.41) is 0. The molecule has 62 valence electrons. The molecule has 0 aliphatic carbocycles. The Balaban J connectivity index is 4.05. The van der Waals surface area contributed by atoms with E-state index in [1.807, 2.05) is 20.8 Å². The summed E-state index contributed by atoms with van der Waals surface area (Å²) in [5.41, 5.74) is 0. The maximum Gasteiger partial charge on any atom is 0.302 e. The number of likely N-dealkylation sites (N-methyl/N-ethyl adjacent to an activating group) is 1.